The highest BCUT2D eigenvalue weighted by Crippen LogP contribution is 2.24. The van der Waals surface area contributed by atoms with Gasteiger partial charge in [-0.25, -0.2) is 0 Å². The second kappa shape index (κ2) is 10.7. The molecule has 0 spiro atoms. The van der Waals surface area contributed by atoms with Crippen molar-refractivity contribution in [2.24, 2.45) is 0 Å². The molecule has 0 bridgehead atoms. The summed E-state index contributed by atoms with van der Waals surface area (Å²) in [5.74, 6) is -1.69. The summed E-state index contributed by atoms with van der Waals surface area (Å²) in [6.07, 6.45) is 0. The Labute approximate surface area is 186 Å². The number of rotatable bonds is 7. The lowest BCUT2D eigenvalue weighted by molar-refractivity contribution is -0.384. The van der Waals surface area contributed by atoms with Gasteiger partial charge in [0.25, 0.3) is 5.69 Å². The van der Waals surface area contributed by atoms with Crippen LogP contribution in [-0.2, 0) is 14.3 Å². The van der Waals surface area contributed by atoms with E-state index in [-0.39, 0.29) is 24.0 Å². The number of nitro groups is 1. The average molecular weight is 441 g/mol. The minimum Gasteiger partial charge on any atom is -0.379 e. The molecule has 2 aromatic rings. The molecule has 10 nitrogen and oxygen atoms in total. The fourth-order valence-electron chi connectivity index (χ4n) is 3.50. The molecule has 170 valence electrons. The minimum atomic E-state index is -0.880. The van der Waals surface area contributed by atoms with Crippen molar-refractivity contribution in [1.29, 1.82) is 0 Å². The summed E-state index contributed by atoms with van der Waals surface area (Å²) >= 11 is 0. The predicted octanol–water partition coefficient (Wildman–Crippen LogP) is 1.79. The monoisotopic (exact) mass is 441 g/mol. The number of hydrogen-bond donors (Lipinski definition) is 2. The normalized spacial score (nSPS) is 14.9. The molecule has 1 saturated heterocycles. The summed E-state index contributed by atoms with van der Waals surface area (Å²) in [5.41, 5.74) is 2.10. The number of morpholine rings is 1. The Bertz CT molecular complexity index is 957. The van der Waals surface area contributed by atoms with Gasteiger partial charge in [0.2, 0.25) is 0 Å². The largest absolute Gasteiger partial charge is 0.379 e. The SMILES string of the molecule is CN(C)c1ccc([C@@H](CNC(=O)C(=O)Nc2cccc([N+](=O)[O-])c2)N2CCOCC2)cc1. The van der Waals surface area contributed by atoms with E-state index in [0.29, 0.717) is 13.2 Å². The first kappa shape index (κ1) is 23.2. The highest BCUT2D eigenvalue weighted by molar-refractivity contribution is 6.39. The number of nitro benzene ring substituents is 1. The van der Waals surface area contributed by atoms with Crippen LogP contribution in [0.4, 0.5) is 17.1 Å². The topological polar surface area (TPSA) is 117 Å². The first-order chi connectivity index (χ1) is 15.3. The molecule has 2 amide bonds. The van der Waals surface area contributed by atoms with Crippen molar-refractivity contribution in [2.75, 3.05) is 57.2 Å². The van der Waals surface area contributed by atoms with Crippen LogP contribution in [0.5, 0.6) is 0 Å². The molecular weight excluding hydrogens is 414 g/mol. The summed E-state index contributed by atoms with van der Waals surface area (Å²) in [7, 11) is 3.93. The van der Waals surface area contributed by atoms with Gasteiger partial charge in [0, 0.05) is 57.2 Å². The van der Waals surface area contributed by atoms with Gasteiger partial charge in [0.15, 0.2) is 0 Å². The Morgan fingerprint density at radius 1 is 1.12 bits per heavy atom. The van der Waals surface area contributed by atoms with E-state index in [4.69, 9.17) is 4.74 Å². The van der Waals surface area contributed by atoms with Gasteiger partial charge >= 0.3 is 11.8 Å². The molecule has 0 saturated carbocycles. The van der Waals surface area contributed by atoms with Crippen LogP contribution in [0.15, 0.2) is 48.5 Å². The molecule has 1 fully saturated rings. The fraction of sp³-hybridized carbons (Fsp3) is 0.364. The number of carbonyl (C=O) groups is 2. The standard InChI is InChI=1S/C22H27N5O5/c1-25(2)18-8-6-16(7-9-18)20(26-10-12-32-13-11-26)15-23-21(28)22(29)24-17-4-3-5-19(14-17)27(30)31/h3-9,14,20H,10-13,15H2,1-2H3,(H,23,28)(H,24,29)/t20-/m1/s1. The molecule has 10 heteroatoms. The van der Waals surface area contributed by atoms with Gasteiger partial charge in [0.1, 0.15) is 0 Å². The van der Waals surface area contributed by atoms with Crippen LogP contribution in [0.1, 0.15) is 11.6 Å². The maximum absolute atomic E-state index is 12.4. The second-order valence-electron chi connectivity index (χ2n) is 7.62. The lowest BCUT2D eigenvalue weighted by atomic mass is 10.0. The number of ether oxygens (including phenoxy) is 1. The van der Waals surface area contributed by atoms with E-state index in [1.165, 1.54) is 24.3 Å². The van der Waals surface area contributed by atoms with Crippen LogP contribution < -0.4 is 15.5 Å². The number of amides is 2. The molecule has 0 aromatic heterocycles. The summed E-state index contributed by atoms with van der Waals surface area (Å²) in [6, 6.07) is 13.4. The van der Waals surface area contributed by atoms with E-state index in [0.717, 1.165) is 24.3 Å². The van der Waals surface area contributed by atoms with Crippen LogP contribution in [0.25, 0.3) is 0 Å². The van der Waals surface area contributed by atoms with Crippen LogP contribution in [0.2, 0.25) is 0 Å². The zero-order valence-corrected chi connectivity index (χ0v) is 18.1. The molecule has 2 N–H and O–H groups in total. The van der Waals surface area contributed by atoms with Crippen molar-refractivity contribution in [3.8, 4) is 0 Å². The van der Waals surface area contributed by atoms with E-state index in [1.807, 2.05) is 43.3 Å². The number of nitrogens with zero attached hydrogens (tertiary/aromatic N) is 3. The van der Waals surface area contributed by atoms with Gasteiger partial charge in [0.05, 0.1) is 24.2 Å². The Morgan fingerprint density at radius 2 is 1.81 bits per heavy atom. The van der Waals surface area contributed by atoms with Crippen LogP contribution in [0, 0.1) is 10.1 Å². The molecular formula is C22H27N5O5. The first-order valence-corrected chi connectivity index (χ1v) is 10.3. The number of hydrogen-bond acceptors (Lipinski definition) is 7. The van der Waals surface area contributed by atoms with Crippen molar-refractivity contribution in [3.63, 3.8) is 0 Å². The van der Waals surface area contributed by atoms with E-state index in [1.54, 1.807) is 0 Å². The minimum absolute atomic E-state index is 0.121. The summed E-state index contributed by atoms with van der Waals surface area (Å²) in [5, 5.41) is 16.0. The Hall–Kier alpha value is -3.50. The smallest absolute Gasteiger partial charge is 0.313 e. The number of non-ortho nitro benzene ring substituents is 1. The lowest BCUT2D eigenvalue weighted by Crippen LogP contribution is -2.45. The van der Waals surface area contributed by atoms with E-state index in [2.05, 4.69) is 15.5 Å². The van der Waals surface area contributed by atoms with Crippen LogP contribution >= 0.6 is 0 Å². The van der Waals surface area contributed by atoms with E-state index < -0.39 is 16.7 Å². The van der Waals surface area contributed by atoms with Crippen LogP contribution in [0.3, 0.4) is 0 Å². The molecule has 1 aliphatic rings. The summed E-state index contributed by atoms with van der Waals surface area (Å²) < 4.78 is 5.45. The maximum atomic E-state index is 12.4. The van der Waals surface area contributed by atoms with Gasteiger partial charge in [-0.1, -0.05) is 18.2 Å². The van der Waals surface area contributed by atoms with Gasteiger partial charge in [-0.05, 0) is 23.8 Å². The average Bonchev–Trinajstić information content (AvgIpc) is 2.80. The van der Waals surface area contributed by atoms with Gasteiger partial charge in [-0.15, -0.1) is 0 Å². The molecule has 0 unspecified atom stereocenters. The van der Waals surface area contributed by atoms with Crippen molar-refractivity contribution in [1.82, 2.24) is 10.2 Å². The summed E-state index contributed by atoms with van der Waals surface area (Å²) in [4.78, 5) is 39.3. The third-order valence-corrected chi connectivity index (χ3v) is 5.26. The van der Waals surface area contributed by atoms with Gasteiger partial charge in [-0.3, -0.25) is 24.6 Å². The van der Waals surface area contributed by atoms with Crippen molar-refractivity contribution in [3.05, 3.63) is 64.2 Å². The maximum Gasteiger partial charge on any atom is 0.313 e. The quantitative estimate of drug-likeness (QED) is 0.382. The Balaban J connectivity index is 1.66. The fourth-order valence-corrected chi connectivity index (χ4v) is 3.50. The van der Waals surface area contributed by atoms with E-state index in [9.17, 15) is 19.7 Å². The molecule has 3 rings (SSSR count). The number of anilines is 2. The van der Waals surface area contributed by atoms with Crippen molar-refractivity contribution >= 4 is 28.9 Å². The molecule has 32 heavy (non-hydrogen) atoms. The number of benzene rings is 2. The Kier molecular flexibility index (Phi) is 7.74. The summed E-state index contributed by atoms with van der Waals surface area (Å²) in [6.45, 7) is 2.88. The zero-order chi connectivity index (χ0) is 23.1. The van der Waals surface area contributed by atoms with Crippen molar-refractivity contribution in [2.45, 2.75) is 6.04 Å². The number of nitrogens with one attached hydrogen (secondary N) is 2. The molecule has 1 atom stereocenters. The molecule has 2 aromatic carbocycles. The molecule has 1 heterocycles. The highest BCUT2D eigenvalue weighted by atomic mass is 16.6. The number of carbonyl (C=O) groups excluding carboxylic acids is 2. The predicted molar refractivity (Wildman–Crippen MR) is 121 cm³/mol. The highest BCUT2D eigenvalue weighted by Gasteiger charge is 2.25. The van der Waals surface area contributed by atoms with Crippen molar-refractivity contribution < 1.29 is 19.2 Å². The Morgan fingerprint density at radius 3 is 2.44 bits per heavy atom. The zero-order valence-electron chi connectivity index (χ0n) is 18.1. The van der Waals surface area contributed by atoms with Crippen LogP contribution in [-0.4, -0.2) is 68.6 Å². The second-order valence-corrected chi connectivity index (χ2v) is 7.62. The molecule has 0 aliphatic carbocycles. The lowest BCUT2D eigenvalue weighted by Gasteiger charge is -2.35. The third-order valence-electron chi connectivity index (χ3n) is 5.26. The van der Waals surface area contributed by atoms with Gasteiger partial charge < -0.3 is 20.3 Å². The molecule has 1 aliphatic heterocycles. The van der Waals surface area contributed by atoms with E-state index >= 15 is 0 Å². The molecule has 0 radical (unpaired) electrons. The van der Waals surface area contributed by atoms with Gasteiger partial charge in [-0.2, -0.15) is 0 Å². The first-order valence-electron chi connectivity index (χ1n) is 10.3. The third kappa shape index (κ3) is 6.02.